The molecule has 1 N–H and O–H groups in total. The van der Waals surface area contributed by atoms with Gasteiger partial charge in [-0.1, -0.05) is 25.1 Å². The Bertz CT molecular complexity index is 935. The van der Waals surface area contributed by atoms with Crippen LogP contribution in [0.4, 0.5) is 13.2 Å². The highest BCUT2D eigenvalue weighted by Crippen LogP contribution is 2.29. The van der Waals surface area contributed by atoms with Crippen molar-refractivity contribution in [1.82, 2.24) is 4.98 Å². The largest absolute Gasteiger partial charge is 0.534 e. The van der Waals surface area contributed by atoms with Crippen LogP contribution in [0.15, 0.2) is 48.7 Å². The van der Waals surface area contributed by atoms with Gasteiger partial charge < -0.3 is 4.18 Å². The number of alkyl halides is 3. The molecule has 1 aromatic carbocycles. The van der Waals surface area contributed by atoms with Gasteiger partial charge in [-0.25, -0.2) is 0 Å². The van der Waals surface area contributed by atoms with E-state index >= 15 is 0 Å². The molecular formula is C15H16F3NO6S2. The third-order valence-corrected chi connectivity index (χ3v) is 3.98. The first-order valence-electron chi connectivity index (χ1n) is 7.15. The average molecular weight is 427 g/mol. The summed E-state index contributed by atoms with van der Waals surface area (Å²) in [6.45, 7) is 1.88. The van der Waals surface area contributed by atoms with Crippen LogP contribution in [0.25, 0.3) is 0 Å². The Morgan fingerprint density at radius 1 is 1.04 bits per heavy atom. The third-order valence-electron chi connectivity index (χ3n) is 3.00. The molecule has 0 saturated carbocycles. The minimum absolute atomic E-state index is 0.0885. The summed E-state index contributed by atoms with van der Waals surface area (Å²) in [7, 11) is -9.32. The fraction of sp³-hybridized carbons (Fsp3) is 0.267. The van der Waals surface area contributed by atoms with E-state index < -0.39 is 31.5 Å². The van der Waals surface area contributed by atoms with Crippen LogP contribution in [0.5, 0.6) is 5.75 Å². The molecule has 0 bridgehead atoms. The van der Waals surface area contributed by atoms with Gasteiger partial charge in [0.25, 0.3) is 10.1 Å². The monoisotopic (exact) mass is 427 g/mol. The maximum absolute atomic E-state index is 12.2. The van der Waals surface area contributed by atoms with E-state index in [0.717, 1.165) is 11.3 Å². The second kappa shape index (κ2) is 8.67. The van der Waals surface area contributed by atoms with Crippen LogP contribution in [0, 0.1) is 0 Å². The van der Waals surface area contributed by atoms with E-state index in [9.17, 15) is 30.0 Å². The quantitative estimate of drug-likeness (QED) is 0.454. The van der Waals surface area contributed by atoms with Crippen LogP contribution in [0.3, 0.4) is 0 Å². The summed E-state index contributed by atoms with van der Waals surface area (Å²) in [5.41, 5.74) is -3.89. The van der Waals surface area contributed by atoms with Gasteiger partial charge in [-0.2, -0.15) is 30.0 Å². The van der Waals surface area contributed by atoms with E-state index in [4.69, 9.17) is 4.55 Å². The van der Waals surface area contributed by atoms with Crippen molar-refractivity contribution in [3.8, 4) is 5.75 Å². The molecule has 1 atom stereocenters. The van der Waals surface area contributed by atoms with Gasteiger partial charge in [-0.05, 0) is 29.8 Å². The number of halogens is 3. The highest BCUT2D eigenvalue weighted by Gasteiger charge is 2.48. The minimum atomic E-state index is -5.65. The van der Waals surface area contributed by atoms with Crippen LogP contribution in [-0.4, -0.2) is 38.1 Å². The summed E-state index contributed by atoms with van der Waals surface area (Å²) in [4.78, 5) is 4.19. The highest BCUT2D eigenvalue weighted by atomic mass is 32.2. The van der Waals surface area contributed by atoms with Gasteiger partial charge in [0.1, 0.15) is 5.75 Å². The normalized spacial score (nSPS) is 13.3. The van der Waals surface area contributed by atoms with Gasteiger partial charge in [0.05, 0.1) is 6.26 Å². The van der Waals surface area contributed by atoms with Crippen LogP contribution in [-0.2, 0) is 20.2 Å². The molecule has 1 heterocycles. The number of rotatable bonds is 4. The molecule has 0 fully saturated rings. The summed E-state index contributed by atoms with van der Waals surface area (Å²) in [6, 6.07) is 10.8. The molecule has 0 spiro atoms. The van der Waals surface area contributed by atoms with Gasteiger partial charge in [0.15, 0.2) is 0 Å². The number of benzene rings is 1. The molecular weight excluding hydrogens is 411 g/mol. The summed E-state index contributed by atoms with van der Waals surface area (Å²) in [5, 5.41) is 0. The fourth-order valence-electron chi connectivity index (χ4n) is 1.79. The van der Waals surface area contributed by atoms with Crippen molar-refractivity contribution in [2.24, 2.45) is 0 Å². The van der Waals surface area contributed by atoms with E-state index in [1.54, 1.807) is 12.3 Å². The number of aromatic nitrogens is 1. The standard InChI is InChI=1S/C14H12F3NO3S.CH4O3S/c1-10(13-4-2-3-9-18-13)11-5-7-12(8-6-11)21-22(19,20)14(15,16)17;1-5(2,3)4/h2-10H,1H3;1H3,(H,2,3,4). The van der Waals surface area contributed by atoms with E-state index in [2.05, 4.69) is 9.17 Å². The Hall–Kier alpha value is -2.18. The van der Waals surface area contributed by atoms with Crippen molar-refractivity contribution in [3.63, 3.8) is 0 Å². The second-order valence-electron chi connectivity index (χ2n) is 5.26. The molecule has 0 aliphatic heterocycles. The van der Waals surface area contributed by atoms with Crippen molar-refractivity contribution in [2.75, 3.05) is 6.26 Å². The van der Waals surface area contributed by atoms with E-state index in [1.165, 1.54) is 24.3 Å². The summed E-state index contributed by atoms with van der Waals surface area (Å²) in [5.74, 6) is -0.483. The van der Waals surface area contributed by atoms with Crippen molar-refractivity contribution < 1.29 is 38.7 Å². The zero-order valence-corrected chi connectivity index (χ0v) is 15.7. The number of pyridine rings is 1. The number of nitrogens with zero attached hydrogens (tertiary/aromatic N) is 1. The number of hydrogen-bond donors (Lipinski definition) is 1. The van der Waals surface area contributed by atoms with E-state index in [-0.39, 0.29) is 5.92 Å². The lowest BCUT2D eigenvalue weighted by Gasteiger charge is -2.13. The SMILES string of the molecule is CC(c1ccc(OS(=O)(=O)C(F)(F)F)cc1)c1ccccn1.CS(=O)(=O)O. The highest BCUT2D eigenvalue weighted by molar-refractivity contribution is 7.88. The predicted molar refractivity (Wildman–Crippen MR) is 91.3 cm³/mol. The molecule has 1 aromatic heterocycles. The smallest absolute Gasteiger partial charge is 0.376 e. The van der Waals surface area contributed by atoms with Gasteiger partial charge in [0, 0.05) is 17.8 Å². The summed E-state index contributed by atoms with van der Waals surface area (Å²) < 4.78 is 88.4. The Morgan fingerprint density at radius 3 is 1.96 bits per heavy atom. The van der Waals surface area contributed by atoms with Gasteiger partial charge in [0.2, 0.25) is 0 Å². The molecule has 0 amide bonds. The fourth-order valence-corrected chi connectivity index (χ4v) is 2.25. The summed E-state index contributed by atoms with van der Waals surface area (Å²) in [6.07, 6.45) is 2.35. The molecule has 2 aromatic rings. The van der Waals surface area contributed by atoms with Crippen molar-refractivity contribution >= 4 is 20.2 Å². The maximum atomic E-state index is 12.2. The molecule has 0 radical (unpaired) electrons. The Morgan fingerprint density at radius 2 is 1.56 bits per heavy atom. The molecule has 7 nitrogen and oxygen atoms in total. The molecule has 27 heavy (non-hydrogen) atoms. The summed E-state index contributed by atoms with van der Waals surface area (Å²) >= 11 is 0. The third kappa shape index (κ3) is 7.93. The van der Waals surface area contributed by atoms with E-state index in [1.807, 2.05) is 19.1 Å². The first kappa shape index (κ1) is 22.9. The van der Waals surface area contributed by atoms with Crippen LogP contribution >= 0.6 is 0 Å². The van der Waals surface area contributed by atoms with E-state index in [0.29, 0.717) is 6.26 Å². The van der Waals surface area contributed by atoms with Crippen LogP contribution in [0.1, 0.15) is 24.1 Å². The Kier molecular flexibility index (Phi) is 7.34. The average Bonchev–Trinajstić information content (AvgIpc) is 2.53. The van der Waals surface area contributed by atoms with Crippen LogP contribution < -0.4 is 4.18 Å². The predicted octanol–water partition coefficient (Wildman–Crippen LogP) is 2.97. The first-order chi connectivity index (χ1) is 12.2. The molecule has 150 valence electrons. The lowest BCUT2D eigenvalue weighted by atomic mass is 9.97. The number of hydrogen-bond acceptors (Lipinski definition) is 6. The molecule has 12 heteroatoms. The lowest BCUT2D eigenvalue weighted by Crippen LogP contribution is -2.28. The Labute approximate surface area is 154 Å². The minimum Gasteiger partial charge on any atom is -0.376 e. The molecule has 1 unspecified atom stereocenters. The second-order valence-corrected chi connectivity index (χ2v) is 8.27. The maximum Gasteiger partial charge on any atom is 0.534 e. The lowest BCUT2D eigenvalue weighted by molar-refractivity contribution is -0.0500. The molecule has 2 rings (SSSR count). The molecule has 0 saturated heterocycles. The Balaban J connectivity index is 0.000000646. The zero-order valence-electron chi connectivity index (χ0n) is 14.1. The zero-order chi connectivity index (χ0) is 20.9. The molecule has 0 aliphatic rings. The van der Waals surface area contributed by atoms with Crippen molar-refractivity contribution in [1.29, 1.82) is 0 Å². The van der Waals surface area contributed by atoms with Crippen molar-refractivity contribution in [2.45, 2.75) is 18.3 Å². The van der Waals surface area contributed by atoms with Crippen LogP contribution in [0.2, 0.25) is 0 Å². The van der Waals surface area contributed by atoms with Gasteiger partial charge in [-0.15, -0.1) is 0 Å². The van der Waals surface area contributed by atoms with Crippen molar-refractivity contribution in [3.05, 3.63) is 59.9 Å². The topological polar surface area (TPSA) is 111 Å². The first-order valence-corrected chi connectivity index (χ1v) is 10.4. The van der Waals surface area contributed by atoms with Gasteiger partial charge in [-0.3, -0.25) is 9.54 Å². The van der Waals surface area contributed by atoms with Gasteiger partial charge >= 0.3 is 15.6 Å². The molecule has 0 aliphatic carbocycles.